The van der Waals surface area contributed by atoms with Crippen LogP contribution in [0.25, 0.3) is 0 Å². The van der Waals surface area contributed by atoms with Crippen molar-refractivity contribution in [1.82, 2.24) is 0 Å². The van der Waals surface area contributed by atoms with Gasteiger partial charge in [-0.25, -0.2) is 0 Å². The van der Waals surface area contributed by atoms with E-state index >= 15 is 0 Å². The van der Waals surface area contributed by atoms with Crippen LogP contribution in [0.3, 0.4) is 0 Å². The number of ether oxygens (including phenoxy) is 2. The minimum absolute atomic E-state index is 0.0464. The van der Waals surface area contributed by atoms with Gasteiger partial charge in [0.1, 0.15) is 13.2 Å². The molecule has 1 aliphatic heterocycles. The lowest BCUT2D eigenvalue weighted by atomic mass is 9.89. The molecule has 1 heterocycles. The molecule has 1 aromatic rings. The van der Waals surface area contributed by atoms with Crippen LogP contribution in [0.4, 0.5) is 0 Å². The molecular weight excluding hydrogens is 276 g/mol. The fourth-order valence-electron chi connectivity index (χ4n) is 2.58. The summed E-state index contributed by atoms with van der Waals surface area (Å²) >= 11 is 6.24. The van der Waals surface area contributed by atoms with Gasteiger partial charge >= 0.3 is 0 Å². The number of carbonyl (C=O) groups is 1. The summed E-state index contributed by atoms with van der Waals surface area (Å²) in [5.74, 6) is 1.41. The molecule has 1 aliphatic rings. The lowest BCUT2D eigenvalue weighted by Gasteiger charge is -2.21. The number of fused-ring (bicyclic) bond motifs is 1. The van der Waals surface area contributed by atoms with Gasteiger partial charge in [-0.2, -0.15) is 0 Å². The van der Waals surface area contributed by atoms with E-state index in [1.807, 2.05) is 0 Å². The van der Waals surface area contributed by atoms with Gasteiger partial charge in [0, 0.05) is 17.5 Å². The van der Waals surface area contributed by atoms with Crippen molar-refractivity contribution in [1.29, 1.82) is 0 Å². The van der Waals surface area contributed by atoms with Gasteiger partial charge in [0.2, 0.25) is 0 Å². The minimum atomic E-state index is 0.0464. The smallest absolute Gasteiger partial charge is 0.167 e. The van der Waals surface area contributed by atoms with Crippen LogP contribution in [-0.4, -0.2) is 19.0 Å². The summed E-state index contributed by atoms with van der Waals surface area (Å²) in [6, 6.07) is 3.43. The second-order valence-electron chi connectivity index (χ2n) is 5.11. The van der Waals surface area contributed by atoms with Crippen LogP contribution in [0.15, 0.2) is 12.1 Å². The van der Waals surface area contributed by atoms with Crippen LogP contribution in [0.1, 0.15) is 49.9 Å². The molecule has 110 valence electrons. The average molecular weight is 297 g/mol. The van der Waals surface area contributed by atoms with E-state index < -0.39 is 0 Å². The number of hydrogen-bond acceptors (Lipinski definition) is 3. The maximum absolute atomic E-state index is 12.7. The molecule has 1 aromatic carbocycles. The standard InChI is InChI=1S/C16H21ClO3/c1-3-5-11(6-4-2)16(18)12-9-14-15(10-13(12)17)20-8-7-19-14/h9-11H,3-8H2,1-2H3. The number of rotatable bonds is 6. The Kier molecular flexibility index (Phi) is 5.30. The lowest BCUT2D eigenvalue weighted by molar-refractivity contribution is 0.0904. The van der Waals surface area contributed by atoms with Crippen molar-refractivity contribution in [3.8, 4) is 11.5 Å². The topological polar surface area (TPSA) is 35.5 Å². The Morgan fingerprint density at radius 3 is 2.25 bits per heavy atom. The number of halogens is 1. The van der Waals surface area contributed by atoms with Crippen molar-refractivity contribution in [3.05, 3.63) is 22.7 Å². The largest absolute Gasteiger partial charge is 0.486 e. The van der Waals surface area contributed by atoms with Gasteiger partial charge in [-0.1, -0.05) is 38.3 Å². The van der Waals surface area contributed by atoms with Gasteiger partial charge < -0.3 is 9.47 Å². The highest BCUT2D eigenvalue weighted by molar-refractivity contribution is 6.34. The van der Waals surface area contributed by atoms with Gasteiger partial charge in [0.05, 0.1) is 5.02 Å². The van der Waals surface area contributed by atoms with E-state index in [4.69, 9.17) is 21.1 Å². The highest BCUT2D eigenvalue weighted by atomic mass is 35.5. The molecule has 0 unspecified atom stereocenters. The van der Waals surface area contributed by atoms with Crippen molar-refractivity contribution in [2.24, 2.45) is 5.92 Å². The Hall–Kier alpha value is -1.22. The van der Waals surface area contributed by atoms with Crippen LogP contribution in [-0.2, 0) is 0 Å². The Bertz CT molecular complexity index is 479. The van der Waals surface area contributed by atoms with E-state index in [-0.39, 0.29) is 11.7 Å². The summed E-state index contributed by atoms with van der Waals surface area (Å²) in [7, 11) is 0. The summed E-state index contributed by atoms with van der Waals surface area (Å²) in [4.78, 5) is 12.7. The highest BCUT2D eigenvalue weighted by Gasteiger charge is 2.24. The summed E-state index contributed by atoms with van der Waals surface area (Å²) in [5.41, 5.74) is 0.558. The van der Waals surface area contributed by atoms with Crippen molar-refractivity contribution < 1.29 is 14.3 Å². The van der Waals surface area contributed by atoms with Gasteiger partial charge in [0.15, 0.2) is 17.3 Å². The Morgan fingerprint density at radius 2 is 1.70 bits per heavy atom. The maximum atomic E-state index is 12.7. The fraction of sp³-hybridized carbons (Fsp3) is 0.562. The van der Waals surface area contributed by atoms with Crippen LogP contribution in [0, 0.1) is 5.92 Å². The molecule has 0 amide bonds. The molecule has 0 saturated carbocycles. The predicted octanol–water partition coefficient (Wildman–Crippen LogP) is 4.51. The highest BCUT2D eigenvalue weighted by Crippen LogP contribution is 2.37. The molecule has 0 saturated heterocycles. The van der Waals surface area contributed by atoms with E-state index in [9.17, 15) is 4.79 Å². The number of ketones is 1. The summed E-state index contributed by atoms with van der Waals surface area (Å²) in [6.45, 7) is 5.23. The van der Waals surface area contributed by atoms with Crippen LogP contribution in [0.2, 0.25) is 5.02 Å². The van der Waals surface area contributed by atoms with Crippen LogP contribution >= 0.6 is 11.6 Å². The van der Waals surface area contributed by atoms with Gasteiger partial charge in [-0.15, -0.1) is 0 Å². The summed E-state index contributed by atoms with van der Waals surface area (Å²) < 4.78 is 11.0. The molecule has 0 spiro atoms. The summed E-state index contributed by atoms with van der Waals surface area (Å²) in [5, 5.41) is 0.455. The SMILES string of the molecule is CCCC(CCC)C(=O)c1cc2c(cc1Cl)OCCO2. The predicted molar refractivity (Wildman–Crippen MR) is 80.1 cm³/mol. The van der Waals surface area contributed by atoms with Crippen molar-refractivity contribution in [3.63, 3.8) is 0 Å². The first-order valence-corrected chi connectivity index (χ1v) is 7.68. The molecular formula is C16H21ClO3. The zero-order valence-electron chi connectivity index (χ0n) is 12.1. The van der Waals surface area contributed by atoms with E-state index in [0.29, 0.717) is 35.3 Å². The van der Waals surface area contributed by atoms with E-state index in [0.717, 1.165) is 25.7 Å². The third kappa shape index (κ3) is 3.26. The first-order chi connectivity index (χ1) is 9.67. The van der Waals surface area contributed by atoms with Crippen molar-refractivity contribution in [2.75, 3.05) is 13.2 Å². The number of benzene rings is 1. The molecule has 2 rings (SSSR count). The molecule has 3 nitrogen and oxygen atoms in total. The quantitative estimate of drug-likeness (QED) is 0.725. The lowest BCUT2D eigenvalue weighted by Crippen LogP contribution is -2.18. The second kappa shape index (κ2) is 6.98. The van der Waals surface area contributed by atoms with Crippen molar-refractivity contribution >= 4 is 17.4 Å². The van der Waals surface area contributed by atoms with Gasteiger partial charge in [-0.3, -0.25) is 4.79 Å². The Labute approximate surface area is 125 Å². The van der Waals surface area contributed by atoms with E-state index in [1.165, 1.54) is 0 Å². The minimum Gasteiger partial charge on any atom is -0.486 e. The molecule has 0 radical (unpaired) electrons. The molecule has 0 aliphatic carbocycles. The molecule has 0 fully saturated rings. The first-order valence-electron chi connectivity index (χ1n) is 7.30. The fourth-order valence-corrected chi connectivity index (χ4v) is 2.82. The van der Waals surface area contributed by atoms with E-state index in [2.05, 4.69) is 13.8 Å². The normalized spacial score (nSPS) is 13.6. The average Bonchev–Trinajstić information content (AvgIpc) is 2.45. The Morgan fingerprint density at radius 1 is 1.15 bits per heavy atom. The molecule has 4 heteroatoms. The zero-order valence-corrected chi connectivity index (χ0v) is 12.8. The zero-order chi connectivity index (χ0) is 14.5. The number of carbonyl (C=O) groups excluding carboxylic acids is 1. The molecule has 0 N–H and O–H groups in total. The maximum Gasteiger partial charge on any atom is 0.167 e. The molecule has 0 aromatic heterocycles. The third-order valence-corrected chi connectivity index (χ3v) is 3.86. The Balaban J connectivity index is 2.28. The first kappa shape index (κ1) is 15.2. The van der Waals surface area contributed by atoms with Crippen LogP contribution < -0.4 is 9.47 Å². The third-order valence-electron chi connectivity index (χ3n) is 3.54. The van der Waals surface area contributed by atoms with Crippen molar-refractivity contribution in [2.45, 2.75) is 39.5 Å². The number of Topliss-reactive ketones (excluding diaryl/α,β-unsaturated/α-hetero) is 1. The molecule has 0 atom stereocenters. The van der Waals surface area contributed by atoms with Crippen LogP contribution in [0.5, 0.6) is 11.5 Å². The van der Waals surface area contributed by atoms with E-state index in [1.54, 1.807) is 12.1 Å². The summed E-state index contributed by atoms with van der Waals surface area (Å²) in [6.07, 6.45) is 3.80. The molecule has 20 heavy (non-hydrogen) atoms. The second-order valence-corrected chi connectivity index (χ2v) is 5.52. The number of hydrogen-bond donors (Lipinski definition) is 0. The van der Waals surface area contributed by atoms with Gasteiger partial charge in [-0.05, 0) is 18.9 Å². The monoisotopic (exact) mass is 296 g/mol. The van der Waals surface area contributed by atoms with Gasteiger partial charge in [0.25, 0.3) is 0 Å². The molecule has 0 bridgehead atoms.